The molecule has 2 aromatic carbocycles. The first-order chi connectivity index (χ1) is 13.2. The number of carbonyl (C=O) groups excluding carboxylic acids is 1. The van der Waals surface area contributed by atoms with E-state index in [-0.39, 0.29) is 17.1 Å². The maximum Gasteiger partial charge on any atom is 0.311 e. The molecule has 0 aliphatic carbocycles. The maximum atomic E-state index is 12.6. The van der Waals surface area contributed by atoms with Crippen LogP contribution in [0, 0.1) is 0 Å². The van der Waals surface area contributed by atoms with Crippen molar-refractivity contribution in [2.75, 3.05) is 6.54 Å². The fourth-order valence-electron chi connectivity index (χ4n) is 2.61. The molecule has 0 atom stereocenters. The van der Waals surface area contributed by atoms with E-state index in [1.54, 1.807) is 24.3 Å². The third kappa shape index (κ3) is 4.95. The van der Waals surface area contributed by atoms with Gasteiger partial charge in [0.05, 0.1) is 5.39 Å². The molecule has 0 radical (unpaired) electrons. The number of rotatable bonds is 8. The Kier molecular flexibility index (Phi) is 6.22. The number of benzene rings is 2. The molecule has 2 N–H and O–H groups in total. The minimum Gasteiger partial charge on any atom is -0.460 e. The van der Waals surface area contributed by atoms with Crippen molar-refractivity contribution in [1.82, 2.24) is 0 Å². The van der Waals surface area contributed by atoms with Crippen molar-refractivity contribution >= 4 is 16.9 Å². The molecule has 0 fully saturated rings. The van der Waals surface area contributed by atoms with Crippen LogP contribution < -0.4 is 20.6 Å². The van der Waals surface area contributed by atoms with Gasteiger partial charge in [0.15, 0.2) is 0 Å². The molecule has 6 nitrogen and oxygen atoms in total. The van der Waals surface area contributed by atoms with E-state index in [0.29, 0.717) is 35.4 Å². The molecular weight excluding hydrogens is 346 g/mol. The number of esters is 1. The molecule has 1 aromatic heterocycles. The highest BCUT2D eigenvalue weighted by atomic mass is 16.5. The Bertz CT molecular complexity index is 965. The fourth-order valence-corrected chi connectivity index (χ4v) is 2.61. The van der Waals surface area contributed by atoms with Gasteiger partial charge in [0.1, 0.15) is 23.3 Å². The number of hydrogen-bond donors (Lipinski definition) is 1. The molecule has 0 aliphatic heterocycles. The van der Waals surface area contributed by atoms with Gasteiger partial charge in [-0.3, -0.25) is 9.59 Å². The highest BCUT2D eigenvalue weighted by Crippen LogP contribution is 2.24. The van der Waals surface area contributed by atoms with E-state index in [9.17, 15) is 9.59 Å². The lowest BCUT2D eigenvalue weighted by Gasteiger charge is -2.07. The normalized spacial score (nSPS) is 10.7. The Balaban J connectivity index is 1.72. The summed E-state index contributed by atoms with van der Waals surface area (Å²) in [5.74, 6) is 0.659. The fraction of sp³-hybridized carbons (Fsp3) is 0.238. The van der Waals surface area contributed by atoms with Crippen molar-refractivity contribution in [3.8, 4) is 17.2 Å². The molecule has 0 amide bonds. The molecule has 27 heavy (non-hydrogen) atoms. The molecule has 0 bridgehead atoms. The van der Waals surface area contributed by atoms with Crippen LogP contribution in [0.1, 0.15) is 25.7 Å². The van der Waals surface area contributed by atoms with Gasteiger partial charge in [-0.25, -0.2) is 0 Å². The summed E-state index contributed by atoms with van der Waals surface area (Å²) in [6.07, 6.45) is 4.10. The van der Waals surface area contributed by atoms with Gasteiger partial charge in [-0.1, -0.05) is 24.6 Å². The molecule has 0 aliphatic rings. The van der Waals surface area contributed by atoms with Gasteiger partial charge in [-0.05, 0) is 43.7 Å². The zero-order valence-electron chi connectivity index (χ0n) is 14.9. The van der Waals surface area contributed by atoms with Crippen LogP contribution in [0.15, 0.2) is 64.0 Å². The second-order valence-electron chi connectivity index (χ2n) is 6.08. The summed E-state index contributed by atoms with van der Waals surface area (Å²) in [7, 11) is 0. The van der Waals surface area contributed by atoms with Crippen LogP contribution in [0.4, 0.5) is 0 Å². The molecule has 3 aromatic rings. The largest absolute Gasteiger partial charge is 0.460 e. The Morgan fingerprint density at radius 2 is 1.81 bits per heavy atom. The van der Waals surface area contributed by atoms with Crippen molar-refractivity contribution in [2.24, 2.45) is 5.73 Å². The summed E-state index contributed by atoms with van der Waals surface area (Å²) in [6.45, 7) is 0.620. The topological polar surface area (TPSA) is 91.8 Å². The van der Waals surface area contributed by atoms with Gasteiger partial charge in [-0.2, -0.15) is 0 Å². The third-order valence-corrected chi connectivity index (χ3v) is 4.00. The second-order valence-corrected chi connectivity index (χ2v) is 6.08. The van der Waals surface area contributed by atoms with Crippen LogP contribution >= 0.6 is 0 Å². The third-order valence-electron chi connectivity index (χ3n) is 4.00. The minimum atomic E-state index is -0.322. The Hall–Kier alpha value is -3.12. The number of nitrogens with two attached hydrogens (primary N) is 1. The monoisotopic (exact) mass is 367 g/mol. The molecule has 3 rings (SSSR count). The van der Waals surface area contributed by atoms with Crippen LogP contribution in [0.2, 0.25) is 0 Å². The lowest BCUT2D eigenvalue weighted by Crippen LogP contribution is -2.09. The zero-order chi connectivity index (χ0) is 19.1. The van der Waals surface area contributed by atoms with Gasteiger partial charge in [0, 0.05) is 12.5 Å². The maximum absolute atomic E-state index is 12.6. The number of ether oxygens (including phenoxy) is 2. The summed E-state index contributed by atoms with van der Waals surface area (Å²) in [4.78, 5) is 24.4. The molecule has 1 heterocycles. The van der Waals surface area contributed by atoms with Crippen LogP contribution in [0.3, 0.4) is 0 Å². The van der Waals surface area contributed by atoms with E-state index in [1.807, 2.05) is 18.2 Å². The number of para-hydroxylation sites is 1. The number of fused-ring (bicyclic) bond motifs is 1. The van der Waals surface area contributed by atoms with Gasteiger partial charge in [0.25, 0.3) is 0 Å². The van der Waals surface area contributed by atoms with Gasteiger partial charge < -0.3 is 19.6 Å². The first kappa shape index (κ1) is 18.7. The predicted molar refractivity (Wildman–Crippen MR) is 102 cm³/mol. The summed E-state index contributed by atoms with van der Waals surface area (Å²) < 4.78 is 16.4. The van der Waals surface area contributed by atoms with Crippen LogP contribution in [0.25, 0.3) is 11.0 Å². The minimum absolute atomic E-state index is 0.0957. The Labute approximate surface area is 156 Å². The van der Waals surface area contributed by atoms with E-state index in [0.717, 1.165) is 19.3 Å². The molecule has 0 unspecified atom stereocenters. The average Bonchev–Trinajstić information content (AvgIpc) is 2.68. The van der Waals surface area contributed by atoms with E-state index in [1.165, 1.54) is 12.3 Å². The van der Waals surface area contributed by atoms with E-state index in [2.05, 4.69) is 0 Å². The quantitative estimate of drug-likeness (QED) is 0.367. The lowest BCUT2D eigenvalue weighted by atomic mass is 10.2. The van der Waals surface area contributed by atoms with Crippen molar-refractivity contribution in [3.63, 3.8) is 0 Å². The summed E-state index contributed by atoms with van der Waals surface area (Å²) >= 11 is 0. The SMILES string of the molecule is NCCCCCC(=O)Oc1ccc2c(=O)c(Oc3ccccc3)coc2c1. The van der Waals surface area contributed by atoms with Crippen LogP contribution in [0.5, 0.6) is 17.2 Å². The first-order valence-electron chi connectivity index (χ1n) is 8.86. The van der Waals surface area contributed by atoms with E-state index >= 15 is 0 Å². The highest BCUT2D eigenvalue weighted by molar-refractivity contribution is 5.80. The lowest BCUT2D eigenvalue weighted by molar-refractivity contribution is -0.134. The van der Waals surface area contributed by atoms with Crippen molar-refractivity contribution in [1.29, 1.82) is 0 Å². The first-order valence-corrected chi connectivity index (χ1v) is 8.86. The van der Waals surface area contributed by atoms with Crippen molar-refractivity contribution < 1.29 is 18.7 Å². The smallest absolute Gasteiger partial charge is 0.311 e. The molecule has 0 saturated heterocycles. The summed E-state index contributed by atoms with van der Waals surface area (Å²) in [5.41, 5.74) is 5.46. The highest BCUT2D eigenvalue weighted by Gasteiger charge is 2.11. The number of carbonyl (C=O) groups is 1. The molecular formula is C21H21NO5. The predicted octanol–water partition coefficient (Wildman–Crippen LogP) is 4.01. The van der Waals surface area contributed by atoms with Crippen LogP contribution in [-0.4, -0.2) is 12.5 Å². The standard InChI is InChI=1S/C21H21NO5/c22-12-6-2-5-9-20(23)27-16-10-11-17-18(13-16)25-14-19(21(17)24)26-15-7-3-1-4-8-15/h1,3-4,7-8,10-11,13-14H,2,5-6,9,12,22H2. The molecule has 6 heteroatoms. The molecule has 0 spiro atoms. The second kappa shape index (κ2) is 9.00. The average molecular weight is 367 g/mol. The summed E-state index contributed by atoms with van der Waals surface area (Å²) in [5, 5.41) is 0.353. The molecule has 140 valence electrons. The van der Waals surface area contributed by atoms with E-state index < -0.39 is 0 Å². The van der Waals surface area contributed by atoms with Crippen molar-refractivity contribution in [2.45, 2.75) is 25.7 Å². The Morgan fingerprint density at radius 3 is 2.59 bits per heavy atom. The number of hydrogen-bond acceptors (Lipinski definition) is 6. The van der Waals surface area contributed by atoms with Crippen LogP contribution in [-0.2, 0) is 4.79 Å². The summed E-state index contributed by atoms with van der Waals surface area (Å²) in [6, 6.07) is 13.7. The Morgan fingerprint density at radius 1 is 1.00 bits per heavy atom. The van der Waals surface area contributed by atoms with Crippen molar-refractivity contribution in [3.05, 3.63) is 65.0 Å². The molecule has 0 saturated carbocycles. The zero-order valence-corrected chi connectivity index (χ0v) is 14.9. The van der Waals surface area contributed by atoms with E-state index in [4.69, 9.17) is 19.6 Å². The van der Waals surface area contributed by atoms with Gasteiger partial charge in [0.2, 0.25) is 11.2 Å². The van der Waals surface area contributed by atoms with Gasteiger partial charge >= 0.3 is 5.97 Å². The van der Waals surface area contributed by atoms with Gasteiger partial charge in [-0.15, -0.1) is 0 Å². The number of unbranched alkanes of at least 4 members (excludes halogenated alkanes) is 2.